The minimum Gasteiger partial charge on any atom is -0.491 e. The topological polar surface area (TPSA) is 54.4 Å². The first-order chi connectivity index (χ1) is 9.75. The maximum absolute atomic E-state index is 9.86. The fourth-order valence-corrected chi connectivity index (χ4v) is 1.84. The molecule has 0 radical (unpaired) electrons. The molecule has 2 rings (SSSR count). The largest absolute Gasteiger partial charge is 0.491 e. The van der Waals surface area contributed by atoms with Crippen molar-refractivity contribution in [3.05, 3.63) is 59.9 Å². The van der Waals surface area contributed by atoms with Crippen LogP contribution in [-0.2, 0) is 6.54 Å². The minimum absolute atomic E-state index is 0.284. The first kappa shape index (κ1) is 14.5. The molecular weight excluding hydrogens is 252 g/mol. The molecule has 0 aliphatic heterocycles. The Morgan fingerprint density at radius 2 is 2.05 bits per heavy atom. The number of hydrogen-bond donors (Lipinski definition) is 2. The lowest BCUT2D eigenvalue weighted by atomic mass is 10.1. The van der Waals surface area contributed by atoms with Crippen molar-refractivity contribution in [2.45, 2.75) is 19.6 Å². The van der Waals surface area contributed by atoms with Crippen molar-refractivity contribution in [3.63, 3.8) is 0 Å². The number of nitrogens with one attached hydrogen (secondary N) is 1. The van der Waals surface area contributed by atoms with Crippen LogP contribution in [0.1, 0.15) is 11.1 Å². The summed E-state index contributed by atoms with van der Waals surface area (Å²) in [4.78, 5) is 4.05. The van der Waals surface area contributed by atoms with Crippen LogP contribution in [0.15, 0.2) is 48.8 Å². The highest BCUT2D eigenvalue weighted by molar-refractivity contribution is 5.21. The van der Waals surface area contributed by atoms with E-state index in [1.165, 1.54) is 5.56 Å². The average molecular weight is 272 g/mol. The second-order valence-electron chi connectivity index (χ2n) is 4.71. The third kappa shape index (κ3) is 4.64. The lowest BCUT2D eigenvalue weighted by molar-refractivity contribution is 0.106. The van der Waals surface area contributed by atoms with Gasteiger partial charge in [0.25, 0.3) is 0 Å². The van der Waals surface area contributed by atoms with Crippen molar-refractivity contribution in [1.82, 2.24) is 10.3 Å². The summed E-state index contributed by atoms with van der Waals surface area (Å²) in [6, 6.07) is 11.5. The van der Waals surface area contributed by atoms with Crippen molar-refractivity contribution in [3.8, 4) is 5.75 Å². The molecule has 1 unspecified atom stereocenters. The zero-order valence-corrected chi connectivity index (χ0v) is 11.6. The van der Waals surface area contributed by atoms with E-state index in [9.17, 15) is 5.11 Å². The Balaban J connectivity index is 1.68. The standard InChI is InChI=1S/C16H20N2O2/c1-13-9-17-8-7-14(13)10-18-11-15(19)12-20-16-5-3-2-4-6-16/h2-9,15,18-19H,10-12H2,1H3. The van der Waals surface area contributed by atoms with Gasteiger partial charge < -0.3 is 15.2 Å². The summed E-state index contributed by atoms with van der Waals surface area (Å²) in [5.74, 6) is 0.775. The molecule has 20 heavy (non-hydrogen) atoms. The number of aliphatic hydroxyl groups is 1. The monoisotopic (exact) mass is 272 g/mol. The Bertz CT molecular complexity index is 517. The number of benzene rings is 1. The van der Waals surface area contributed by atoms with Crippen LogP contribution in [0.25, 0.3) is 0 Å². The third-order valence-corrected chi connectivity index (χ3v) is 3.02. The van der Waals surface area contributed by atoms with Crippen molar-refractivity contribution in [2.75, 3.05) is 13.2 Å². The summed E-state index contributed by atoms with van der Waals surface area (Å²) >= 11 is 0. The highest BCUT2D eigenvalue weighted by Gasteiger charge is 2.05. The van der Waals surface area contributed by atoms with Gasteiger partial charge in [-0.2, -0.15) is 0 Å². The molecule has 2 N–H and O–H groups in total. The Labute approximate surface area is 119 Å². The van der Waals surface area contributed by atoms with Gasteiger partial charge in [0.1, 0.15) is 18.5 Å². The van der Waals surface area contributed by atoms with E-state index in [-0.39, 0.29) is 6.61 Å². The molecule has 0 aliphatic rings. The summed E-state index contributed by atoms with van der Waals surface area (Å²) in [5, 5.41) is 13.1. The molecule has 1 aromatic heterocycles. The zero-order valence-electron chi connectivity index (χ0n) is 11.6. The molecule has 1 aromatic carbocycles. The van der Waals surface area contributed by atoms with Crippen LogP contribution >= 0.6 is 0 Å². The Hall–Kier alpha value is -1.91. The molecular formula is C16H20N2O2. The third-order valence-electron chi connectivity index (χ3n) is 3.02. The molecule has 1 heterocycles. The SMILES string of the molecule is Cc1cnccc1CNCC(O)COc1ccccc1. The summed E-state index contributed by atoms with van der Waals surface area (Å²) in [7, 11) is 0. The Morgan fingerprint density at radius 1 is 1.25 bits per heavy atom. The van der Waals surface area contributed by atoms with E-state index < -0.39 is 6.10 Å². The van der Waals surface area contributed by atoms with E-state index in [1.807, 2.05) is 49.5 Å². The summed E-state index contributed by atoms with van der Waals surface area (Å²) in [6.45, 7) is 3.52. The van der Waals surface area contributed by atoms with Crippen molar-refractivity contribution in [2.24, 2.45) is 0 Å². The Kier molecular flexibility index (Phi) is 5.53. The molecule has 0 saturated carbocycles. The number of aryl methyl sites for hydroxylation is 1. The van der Waals surface area contributed by atoms with Gasteiger partial charge >= 0.3 is 0 Å². The van der Waals surface area contributed by atoms with E-state index in [4.69, 9.17) is 4.74 Å². The zero-order chi connectivity index (χ0) is 14.2. The maximum atomic E-state index is 9.86. The molecule has 2 aromatic rings. The fraction of sp³-hybridized carbons (Fsp3) is 0.312. The van der Waals surface area contributed by atoms with Crippen molar-refractivity contribution in [1.29, 1.82) is 0 Å². The van der Waals surface area contributed by atoms with Crippen LogP contribution in [0, 0.1) is 6.92 Å². The van der Waals surface area contributed by atoms with Crippen molar-refractivity contribution >= 4 is 0 Å². The number of aromatic nitrogens is 1. The molecule has 0 aliphatic carbocycles. The molecule has 0 fully saturated rings. The van der Waals surface area contributed by atoms with E-state index in [2.05, 4.69) is 10.3 Å². The van der Waals surface area contributed by atoms with Crippen LogP contribution < -0.4 is 10.1 Å². The van der Waals surface area contributed by atoms with Crippen LogP contribution in [0.3, 0.4) is 0 Å². The molecule has 0 saturated heterocycles. The number of nitrogens with zero attached hydrogens (tertiary/aromatic N) is 1. The molecule has 1 atom stereocenters. The molecule has 0 amide bonds. The van der Waals surface area contributed by atoms with Gasteiger partial charge in [0.05, 0.1) is 0 Å². The van der Waals surface area contributed by atoms with Crippen molar-refractivity contribution < 1.29 is 9.84 Å². The second-order valence-corrected chi connectivity index (χ2v) is 4.71. The van der Waals surface area contributed by atoms with Gasteiger partial charge in [0.2, 0.25) is 0 Å². The first-order valence-electron chi connectivity index (χ1n) is 6.72. The Morgan fingerprint density at radius 3 is 2.80 bits per heavy atom. The molecule has 106 valence electrons. The number of hydrogen-bond acceptors (Lipinski definition) is 4. The van der Waals surface area contributed by atoms with Gasteiger partial charge in [-0.25, -0.2) is 0 Å². The van der Waals surface area contributed by atoms with E-state index >= 15 is 0 Å². The van der Waals surface area contributed by atoms with Crippen LogP contribution in [0.2, 0.25) is 0 Å². The fourth-order valence-electron chi connectivity index (χ4n) is 1.84. The number of ether oxygens (including phenoxy) is 1. The number of para-hydroxylation sites is 1. The number of aliphatic hydroxyl groups excluding tert-OH is 1. The predicted molar refractivity (Wildman–Crippen MR) is 78.6 cm³/mol. The summed E-state index contributed by atoms with van der Waals surface area (Å²) in [5.41, 5.74) is 2.34. The van der Waals surface area contributed by atoms with Crippen LogP contribution in [0.4, 0.5) is 0 Å². The molecule has 4 heteroatoms. The smallest absolute Gasteiger partial charge is 0.119 e. The lowest BCUT2D eigenvalue weighted by Gasteiger charge is -2.13. The van der Waals surface area contributed by atoms with Gasteiger partial charge in [-0.3, -0.25) is 4.98 Å². The maximum Gasteiger partial charge on any atom is 0.119 e. The number of pyridine rings is 1. The van der Waals surface area contributed by atoms with Crippen LogP contribution in [0.5, 0.6) is 5.75 Å². The first-order valence-corrected chi connectivity index (χ1v) is 6.72. The molecule has 0 bridgehead atoms. The van der Waals surface area contributed by atoms with Gasteiger partial charge in [-0.1, -0.05) is 18.2 Å². The van der Waals surface area contributed by atoms with E-state index in [0.717, 1.165) is 17.9 Å². The van der Waals surface area contributed by atoms with E-state index in [1.54, 1.807) is 6.20 Å². The number of rotatable bonds is 7. The van der Waals surface area contributed by atoms with Gasteiger partial charge in [-0.05, 0) is 36.2 Å². The second kappa shape index (κ2) is 7.62. The van der Waals surface area contributed by atoms with Crippen LogP contribution in [-0.4, -0.2) is 29.3 Å². The van der Waals surface area contributed by atoms with Gasteiger partial charge in [-0.15, -0.1) is 0 Å². The highest BCUT2D eigenvalue weighted by Crippen LogP contribution is 2.08. The minimum atomic E-state index is -0.530. The van der Waals surface area contributed by atoms with Gasteiger partial charge in [0, 0.05) is 25.5 Å². The predicted octanol–water partition coefficient (Wildman–Crippen LogP) is 1.92. The lowest BCUT2D eigenvalue weighted by Crippen LogP contribution is -2.31. The quantitative estimate of drug-likeness (QED) is 0.808. The summed E-state index contributed by atoms with van der Waals surface area (Å²) < 4.78 is 5.49. The summed E-state index contributed by atoms with van der Waals surface area (Å²) in [6.07, 6.45) is 3.09. The van der Waals surface area contributed by atoms with Gasteiger partial charge in [0.15, 0.2) is 0 Å². The molecule has 4 nitrogen and oxygen atoms in total. The highest BCUT2D eigenvalue weighted by atomic mass is 16.5. The normalized spacial score (nSPS) is 12.1. The average Bonchev–Trinajstić information content (AvgIpc) is 2.48. The van der Waals surface area contributed by atoms with E-state index in [0.29, 0.717) is 6.54 Å². The molecule has 0 spiro atoms.